The van der Waals surface area contributed by atoms with Crippen LogP contribution in [0.25, 0.3) is 17.2 Å². The molecule has 1 atom stereocenters. The largest absolute Gasteiger partial charge is 0.465 e. The number of rotatable bonds is 12. The molecule has 10 heteroatoms. The molecule has 1 heterocycles. The second-order valence-corrected chi connectivity index (χ2v) is 15.0. The summed E-state index contributed by atoms with van der Waals surface area (Å²) < 4.78 is 5.12. The SMILES string of the molecule is CCC(Sc1cccc(NC(=O)/C(=C\c2ccc(-c3ccccc3)cc2)NC(=O)c2ccccc2)c1)C(=O)Nc1sc2c(c1C(=O)OC)CCCCC2. The van der Waals surface area contributed by atoms with Crippen molar-refractivity contribution in [2.45, 2.75) is 55.6 Å². The van der Waals surface area contributed by atoms with Crippen LogP contribution in [0.15, 0.2) is 120 Å². The molecule has 0 saturated carbocycles. The normalized spacial score (nSPS) is 13.2. The maximum absolute atomic E-state index is 13.8. The maximum Gasteiger partial charge on any atom is 0.341 e. The van der Waals surface area contributed by atoms with Crippen molar-refractivity contribution < 1.29 is 23.9 Å². The van der Waals surface area contributed by atoms with Crippen LogP contribution >= 0.6 is 23.1 Å². The number of aryl methyl sites for hydroxylation is 1. The van der Waals surface area contributed by atoms with Gasteiger partial charge in [-0.15, -0.1) is 23.1 Å². The Morgan fingerprint density at radius 2 is 1.51 bits per heavy atom. The number of thiophene rings is 1. The van der Waals surface area contributed by atoms with Gasteiger partial charge in [-0.1, -0.05) is 92.2 Å². The van der Waals surface area contributed by atoms with Crippen LogP contribution in [-0.2, 0) is 27.2 Å². The van der Waals surface area contributed by atoms with E-state index in [1.165, 1.54) is 30.2 Å². The highest BCUT2D eigenvalue weighted by Gasteiger charge is 2.28. The molecule has 1 aliphatic carbocycles. The molecule has 3 N–H and O–H groups in total. The lowest BCUT2D eigenvalue weighted by molar-refractivity contribution is -0.116. The lowest BCUT2D eigenvalue weighted by Gasteiger charge is -2.16. The number of amides is 3. The molecular weight excluding hydrogens is 703 g/mol. The van der Waals surface area contributed by atoms with Crippen molar-refractivity contribution in [3.8, 4) is 11.1 Å². The Labute approximate surface area is 318 Å². The molecule has 5 aromatic rings. The summed E-state index contributed by atoms with van der Waals surface area (Å²) in [4.78, 5) is 55.4. The lowest BCUT2D eigenvalue weighted by atomic mass is 10.0. The van der Waals surface area contributed by atoms with Crippen molar-refractivity contribution in [2.24, 2.45) is 0 Å². The van der Waals surface area contributed by atoms with Crippen LogP contribution in [-0.4, -0.2) is 36.1 Å². The molecule has 8 nitrogen and oxygen atoms in total. The van der Waals surface area contributed by atoms with Crippen LogP contribution in [0.5, 0.6) is 0 Å². The summed E-state index contributed by atoms with van der Waals surface area (Å²) in [6, 6.07) is 33.7. The Hall–Kier alpha value is -5.45. The predicted molar refractivity (Wildman–Crippen MR) is 214 cm³/mol. The fourth-order valence-corrected chi connectivity index (χ4v) is 8.48. The first-order valence-corrected chi connectivity index (χ1v) is 19.4. The summed E-state index contributed by atoms with van der Waals surface area (Å²) in [7, 11) is 1.37. The van der Waals surface area contributed by atoms with Crippen LogP contribution in [0.1, 0.15) is 69.3 Å². The first kappa shape index (κ1) is 37.3. The second kappa shape index (κ2) is 17.9. The summed E-state index contributed by atoms with van der Waals surface area (Å²) in [6.07, 6.45) is 7.03. The van der Waals surface area contributed by atoms with Gasteiger partial charge in [0.25, 0.3) is 11.8 Å². The summed E-state index contributed by atoms with van der Waals surface area (Å²) >= 11 is 2.85. The van der Waals surface area contributed by atoms with Gasteiger partial charge in [0, 0.05) is 21.0 Å². The van der Waals surface area contributed by atoms with Crippen LogP contribution in [0.3, 0.4) is 0 Å². The van der Waals surface area contributed by atoms with Crippen LogP contribution < -0.4 is 16.0 Å². The fraction of sp³-hybridized carbons (Fsp3) is 0.209. The smallest absolute Gasteiger partial charge is 0.341 e. The van der Waals surface area contributed by atoms with Gasteiger partial charge >= 0.3 is 5.97 Å². The van der Waals surface area contributed by atoms with Crippen LogP contribution in [0, 0.1) is 0 Å². The minimum absolute atomic E-state index is 0.0749. The monoisotopic (exact) mass is 743 g/mol. The van der Waals surface area contributed by atoms with Gasteiger partial charge in [0.1, 0.15) is 10.7 Å². The first-order chi connectivity index (χ1) is 25.8. The molecule has 1 aliphatic rings. The minimum Gasteiger partial charge on any atom is -0.465 e. The lowest BCUT2D eigenvalue weighted by Crippen LogP contribution is -2.30. The second-order valence-electron chi connectivity index (χ2n) is 12.6. The molecule has 0 aliphatic heterocycles. The molecule has 1 aromatic heterocycles. The van der Waals surface area contributed by atoms with E-state index in [-0.39, 0.29) is 11.6 Å². The number of hydrogen-bond acceptors (Lipinski definition) is 7. The van der Waals surface area contributed by atoms with E-state index in [0.717, 1.165) is 64.1 Å². The third kappa shape index (κ3) is 9.51. The molecule has 0 fully saturated rings. The van der Waals surface area contributed by atoms with Crippen molar-refractivity contribution in [2.75, 3.05) is 17.7 Å². The number of nitrogens with one attached hydrogen (secondary N) is 3. The summed E-state index contributed by atoms with van der Waals surface area (Å²) in [5.41, 5.74) is 5.32. The van der Waals surface area contributed by atoms with Crippen molar-refractivity contribution in [1.82, 2.24) is 5.32 Å². The molecule has 1 unspecified atom stereocenters. The Bertz CT molecular complexity index is 2110. The summed E-state index contributed by atoms with van der Waals surface area (Å²) in [6.45, 7) is 1.94. The van der Waals surface area contributed by atoms with E-state index in [1.54, 1.807) is 42.5 Å². The first-order valence-electron chi connectivity index (χ1n) is 17.7. The molecule has 0 spiro atoms. The Kier molecular flexibility index (Phi) is 12.6. The fourth-order valence-electron chi connectivity index (χ4n) is 6.18. The van der Waals surface area contributed by atoms with Crippen molar-refractivity contribution in [3.05, 3.63) is 142 Å². The van der Waals surface area contributed by atoms with Gasteiger partial charge < -0.3 is 20.7 Å². The minimum atomic E-state index is -0.499. The van der Waals surface area contributed by atoms with Gasteiger partial charge in [0.05, 0.1) is 17.9 Å². The van der Waals surface area contributed by atoms with Gasteiger partial charge in [0.2, 0.25) is 5.91 Å². The average Bonchev–Trinajstić information content (AvgIpc) is 3.36. The quantitative estimate of drug-likeness (QED) is 0.0508. The molecule has 4 aromatic carbocycles. The van der Waals surface area contributed by atoms with E-state index in [1.807, 2.05) is 79.7 Å². The van der Waals surface area contributed by atoms with Gasteiger partial charge in [-0.25, -0.2) is 4.79 Å². The Morgan fingerprint density at radius 1 is 0.811 bits per heavy atom. The Balaban J connectivity index is 1.18. The van der Waals surface area contributed by atoms with Gasteiger partial charge in [-0.2, -0.15) is 0 Å². The van der Waals surface area contributed by atoms with E-state index >= 15 is 0 Å². The number of ether oxygens (including phenoxy) is 1. The molecule has 270 valence electrons. The van der Waals surface area contributed by atoms with E-state index in [9.17, 15) is 19.2 Å². The van der Waals surface area contributed by atoms with E-state index < -0.39 is 23.0 Å². The van der Waals surface area contributed by atoms with Gasteiger partial charge in [-0.3, -0.25) is 14.4 Å². The zero-order chi connectivity index (χ0) is 37.2. The van der Waals surface area contributed by atoms with E-state index in [0.29, 0.717) is 28.2 Å². The molecule has 53 heavy (non-hydrogen) atoms. The number of benzene rings is 4. The molecular formula is C43H41N3O5S2. The molecule has 6 rings (SSSR count). The average molecular weight is 744 g/mol. The van der Waals surface area contributed by atoms with Crippen LogP contribution in [0.2, 0.25) is 0 Å². The zero-order valence-corrected chi connectivity index (χ0v) is 31.3. The van der Waals surface area contributed by atoms with E-state index in [2.05, 4.69) is 16.0 Å². The number of esters is 1. The third-order valence-electron chi connectivity index (χ3n) is 8.94. The van der Waals surface area contributed by atoms with Gasteiger partial charge in [0.15, 0.2) is 0 Å². The van der Waals surface area contributed by atoms with Crippen LogP contribution in [0.4, 0.5) is 10.7 Å². The number of fused-ring (bicyclic) bond motifs is 1. The van der Waals surface area contributed by atoms with Crippen molar-refractivity contribution in [1.29, 1.82) is 0 Å². The molecule has 0 saturated heterocycles. The topological polar surface area (TPSA) is 114 Å². The Morgan fingerprint density at radius 3 is 2.23 bits per heavy atom. The third-order valence-corrected chi connectivity index (χ3v) is 11.5. The highest BCUT2D eigenvalue weighted by Crippen LogP contribution is 2.39. The maximum atomic E-state index is 13.8. The number of methoxy groups -OCH3 is 1. The summed E-state index contributed by atoms with van der Waals surface area (Å²) in [5, 5.41) is 8.85. The van der Waals surface area contributed by atoms with E-state index in [4.69, 9.17) is 4.74 Å². The van der Waals surface area contributed by atoms with Crippen molar-refractivity contribution in [3.63, 3.8) is 0 Å². The highest BCUT2D eigenvalue weighted by molar-refractivity contribution is 8.00. The highest BCUT2D eigenvalue weighted by atomic mass is 32.2. The standard InChI is InChI=1S/C43H41N3O5S2/c1-3-36(41(49)46-42-38(43(50)51-2)34-20-11-6-12-21-37(34)53-42)52-33-19-13-18-32(27-33)44-40(48)35(45-39(47)31-16-9-5-10-17-31)26-28-22-24-30(25-23-28)29-14-7-4-8-15-29/h4-5,7-10,13-19,22-27,36H,3,6,11-12,20-21H2,1-2H3,(H,44,48)(H,45,47)(H,46,49)/b35-26+. The number of anilines is 2. The number of carbonyl (C=O) groups excluding carboxylic acids is 4. The predicted octanol–water partition coefficient (Wildman–Crippen LogP) is 9.39. The van der Waals surface area contributed by atoms with Gasteiger partial charge in [-0.05, 0) is 90.8 Å². The zero-order valence-electron chi connectivity index (χ0n) is 29.6. The number of carbonyl (C=O) groups is 4. The molecule has 0 bridgehead atoms. The van der Waals surface area contributed by atoms with Crippen molar-refractivity contribution >= 4 is 63.6 Å². The number of thioether (sulfide) groups is 1. The number of hydrogen-bond donors (Lipinski definition) is 3. The molecule has 0 radical (unpaired) electrons. The molecule has 3 amide bonds. The summed E-state index contributed by atoms with van der Waals surface area (Å²) in [5.74, 6) is -1.55.